The number of ether oxygens (including phenoxy) is 2. The number of sulfonamides is 1. The number of allylic oxidation sites excluding steroid dienone is 1. The van der Waals surface area contributed by atoms with Crippen molar-refractivity contribution >= 4 is 27.9 Å². The van der Waals surface area contributed by atoms with Gasteiger partial charge in [0.1, 0.15) is 0 Å². The summed E-state index contributed by atoms with van der Waals surface area (Å²) >= 11 is 0. The zero-order valence-electron chi connectivity index (χ0n) is 18.0. The van der Waals surface area contributed by atoms with Crippen molar-refractivity contribution in [3.63, 3.8) is 0 Å². The summed E-state index contributed by atoms with van der Waals surface area (Å²) in [4.78, 5) is 22.9. The molecule has 2 aromatic carbocycles. The summed E-state index contributed by atoms with van der Waals surface area (Å²) in [6, 6.07) is 10.8. The summed E-state index contributed by atoms with van der Waals surface area (Å²) in [5.41, 5.74) is 1.07. The summed E-state index contributed by atoms with van der Waals surface area (Å²) in [6.07, 6.45) is 4.67. The van der Waals surface area contributed by atoms with Crippen LogP contribution < -0.4 is 14.2 Å². The highest BCUT2D eigenvalue weighted by atomic mass is 32.2. The van der Waals surface area contributed by atoms with E-state index in [-0.39, 0.29) is 23.6 Å². The minimum absolute atomic E-state index is 0.0492. The van der Waals surface area contributed by atoms with Gasteiger partial charge in [-0.25, -0.2) is 13.1 Å². The zero-order chi connectivity index (χ0) is 23.6. The maximum atomic E-state index is 12.4. The second-order valence-electron chi connectivity index (χ2n) is 6.88. The number of hydrogen-bond acceptors (Lipinski definition) is 6. The van der Waals surface area contributed by atoms with Crippen LogP contribution in [0.1, 0.15) is 42.1 Å². The number of carboxylic acids is 1. The summed E-state index contributed by atoms with van der Waals surface area (Å²) in [7, 11) is -2.29. The molecule has 0 spiro atoms. The van der Waals surface area contributed by atoms with Gasteiger partial charge in [-0.05, 0) is 54.5 Å². The first-order valence-corrected chi connectivity index (χ1v) is 11.6. The Kier molecular flexibility index (Phi) is 9.42. The highest BCUT2D eigenvalue weighted by Crippen LogP contribution is 2.28. The van der Waals surface area contributed by atoms with Gasteiger partial charge in [-0.2, -0.15) is 0 Å². The first-order valence-electron chi connectivity index (χ1n) is 10.1. The molecule has 0 radical (unpaired) electrons. The van der Waals surface area contributed by atoms with Crippen LogP contribution >= 0.6 is 0 Å². The summed E-state index contributed by atoms with van der Waals surface area (Å²) < 4.78 is 37.6. The van der Waals surface area contributed by atoms with Crippen LogP contribution in [0.15, 0.2) is 53.4 Å². The van der Waals surface area contributed by atoms with Crippen molar-refractivity contribution < 1.29 is 32.6 Å². The normalized spacial score (nSPS) is 11.4. The first-order chi connectivity index (χ1) is 15.3. The molecule has 0 aliphatic heterocycles. The Hall–Kier alpha value is -3.17. The smallest absolute Gasteiger partial charge is 0.304 e. The van der Waals surface area contributed by atoms with Gasteiger partial charge in [0.15, 0.2) is 17.3 Å². The van der Waals surface area contributed by atoms with Gasteiger partial charge in [0.05, 0.1) is 25.0 Å². The topological polar surface area (TPSA) is 119 Å². The summed E-state index contributed by atoms with van der Waals surface area (Å²) in [6.45, 7) is 2.46. The number of aliphatic carboxylic acids is 1. The van der Waals surface area contributed by atoms with Crippen molar-refractivity contribution in [3.8, 4) is 11.5 Å². The Bertz CT molecular complexity index is 1060. The number of unbranched alkanes of at least 4 members (excludes halogenated alkanes) is 1. The molecule has 2 N–H and O–H groups in total. The molecule has 0 heterocycles. The number of rotatable bonds is 13. The van der Waals surface area contributed by atoms with Crippen LogP contribution in [0.4, 0.5) is 0 Å². The Morgan fingerprint density at radius 2 is 1.81 bits per heavy atom. The van der Waals surface area contributed by atoms with Crippen LogP contribution in [-0.4, -0.2) is 45.5 Å². The minimum Gasteiger partial charge on any atom is -0.493 e. The molecule has 2 aromatic rings. The number of methoxy groups -OCH3 is 1. The van der Waals surface area contributed by atoms with Crippen molar-refractivity contribution in [2.45, 2.75) is 31.1 Å². The molecule has 0 saturated heterocycles. The monoisotopic (exact) mass is 461 g/mol. The third kappa shape index (κ3) is 7.51. The predicted octanol–water partition coefficient (Wildman–Crippen LogP) is 3.52. The minimum atomic E-state index is -3.84. The SMILES string of the molecule is CCCCOc1ccc(/C=C/C(=O)c2ccc(S(=O)(=O)NCCC(=O)O)cc2)cc1OC. The van der Waals surface area contributed by atoms with E-state index in [0.717, 1.165) is 18.4 Å². The number of benzene rings is 2. The van der Waals surface area contributed by atoms with Crippen LogP contribution in [0.25, 0.3) is 6.08 Å². The molecule has 0 fully saturated rings. The average Bonchev–Trinajstić information content (AvgIpc) is 2.77. The lowest BCUT2D eigenvalue weighted by Gasteiger charge is -2.10. The van der Waals surface area contributed by atoms with E-state index in [1.54, 1.807) is 25.3 Å². The lowest BCUT2D eigenvalue weighted by molar-refractivity contribution is -0.136. The quantitative estimate of drug-likeness (QED) is 0.266. The summed E-state index contributed by atoms with van der Waals surface area (Å²) in [5.74, 6) is -0.189. The highest BCUT2D eigenvalue weighted by Gasteiger charge is 2.14. The van der Waals surface area contributed by atoms with Gasteiger partial charge in [-0.3, -0.25) is 9.59 Å². The average molecular weight is 462 g/mol. The molecule has 0 unspecified atom stereocenters. The summed E-state index contributed by atoms with van der Waals surface area (Å²) in [5, 5.41) is 8.61. The van der Waals surface area contributed by atoms with E-state index in [9.17, 15) is 18.0 Å². The molecule has 0 aromatic heterocycles. The van der Waals surface area contributed by atoms with E-state index in [1.165, 1.54) is 30.3 Å². The number of carboxylic acid groups (broad SMARTS) is 1. The third-order valence-corrected chi connectivity index (χ3v) is 5.93. The first kappa shape index (κ1) is 25.1. The molecule has 0 atom stereocenters. The van der Waals surface area contributed by atoms with Gasteiger partial charge in [-0.15, -0.1) is 0 Å². The highest BCUT2D eigenvalue weighted by molar-refractivity contribution is 7.89. The van der Waals surface area contributed by atoms with Crippen LogP contribution in [0.2, 0.25) is 0 Å². The maximum Gasteiger partial charge on any atom is 0.304 e. The number of ketones is 1. The van der Waals surface area contributed by atoms with Crippen LogP contribution in [0.5, 0.6) is 11.5 Å². The maximum absolute atomic E-state index is 12.4. The number of hydrogen-bond donors (Lipinski definition) is 2. The van der Waals surface area contributed by atoms with Gasteiger partial charge in [0.25, 0.3) is 0 Å². The number of carbonyl (C=O) groups is 2. The molecule has 0 bridgehead atoms. The van der Waals surface area contributed by atoms with E-state index in [2.05, 4.69) is 11.6 Å². The van der Waals surface area contributed by atoms with Gasteiger partial charge in [0.2, 0.25) is 10.0 Å². The van der Waals surface area contributed by atoms with Gasteiger partial charge >= 0.3 is 5.97 Å². The Morgan fingerprint density at radius 3 is 2.44 bits per heavy atom. The Morgan fingerprint density at radius 1 is 1.09 bits per heavy atom. The van der Waals surface area contributed by atoms with Crippen molar-refractivity contribution in [3.05, 3.63) is 59.7 Å². The van der Waals surface area contributed by atoms with Gasteiger partial charge in [0, 0.05) is 12.1 Å². The van der Waals surface area contributed by atoms with E-state index in [4.69, 9.17) is 14.6 Å². The lowest BCUT2D eigenvalue weighted by Crippen LogP contribution is -2.26. The van der Waals surface area contributed by atoms with Crippen LogP contribution in [0.3, 0.4) is 0 Å². The van der Waals surface area contributed by atoms with Crippen LogP contribution in [0, 0.1) is 0 Å². The Balaban J connectivity index is 2.05. The molecular weight excluding hydrogens is 434 g/mol. The molecular formula is C23H27NO7S. The lowest BCUT2D eigenvalue weighted by atomic mass is 10.1. The molecule has 8 nitrogen and oxygen atoms in total. The molecule has 32 heavy (non-hydrogen) atoms. The predicted molar refractivity (Wildman–Crippen MR) is 121 cm³/mol. The van der Waals surface area contributed by atoms with Gasteiger partial charge < -0.3 is 14.6 Å². The molecule has 9 heteroatoms. The van der Waals surface area contributed by atoms with E-state index >= 15 is 0 Å². The molecule has 0 aliphatic carbocycles. The molecule has 0 amide bonds. The van der Waals surface area contributed by atoms with E-state index in [0.29, 0.717) is 23.7 Å². The number of carbonyl (C=O) groups excluding carboxylic acids is 1. The molecule has 0 saturated carbocycles. The second kappa shape index (κ2) is 12.0. The standard InChI is InChI=1S/C23H27NO7S/c1-3-4-15-31-21-12-6-17(16-22(21)30-2)5-11-20(25)18-7-9-19(10-8-18)32(28,29)24-14-13-23(26)27/h5-12,16,24H,3-4,13-15H2,1-2H3,(H,26,27)/b11-5+. The third-order valence-electron chi connectivity index (χ3n) is 4.45. The zero-order valence-corrected chi connectivity index (χ0v) is 18.9. The van der Waals surface area contributed by atoms with E-state index in [1.807, 2.05) is 6.07 Å². The van der Waals surface area contributed by atoms with Gasteiger partial charge in [-0.1, -0.05) is 25.5 Å². The molecule has 0 aliphatic rings. The van der Waals surface area contributed by atoms with Crippen molar-refractivity contribution in [1.82, 2.24) is 4.72 Å². The number of nitrogens with one attached hydrogen (secondary N) is 1. The second-order valence-corrected chi connectivity index (χ2v) is 8.64. The van der Waals surface area contributed by atoms with Crippen molar-refractivity contribution in [1.29, 1.82) is 0 Å². The van der Waals surface area contributed by atoms with Crippen molar-refractivity contribution in [2.24, 2.45) is 0 Å². The fourth-order valence-electron chi connectivity index (χ4n) is 2.68. The fourth-order valence-corrected chi connectivity index (χ4v) is 3.71. The Labute approximate surface area is 187 Å². The largest absolute Gasteiger partial charge is 0.493 e. The fraction of sp³-hybridized carbons (Fsp3) is 0.304. The van der Waals surface area contributed by atoms with Crippen LogP contribution in [-0.2, 0) is 14.8 Å². The molecule has 172 valence electrons. The van der Waals surface area contributed by atoms with Crippen molar-refractivity contribution in [2.75, 3.05) is 20.3 Å². The van der Waals surface area contributed by atoms with E-state index < -0.39 is 16.0 Å². The molecule has 2 rings (SSSR count).